The number of fused-ring (bicyclic) bond motifs is 2. The van der Waals surface area contributed by atoms with Crippen LogP contribution in [0.25, 0.3) is 0 Å². The van der Waals surface area contributed by atoms with Gasteiger partial charge < -0.3 is 10.2 Å². The number of Topliss-reactive ketones (excluding diaryl/α,β-unsaturated/α-hetero) is 1. The lowest BCUT2D eigenvalue weighted by molar-refractivity contribution is -0.128. The molecule has 0 aromatic heterocycles. The Balaban J connectivity index is 0.000000163. The average Bonchev–Trinajstić information content (AvgIpc) is 2.98. The van der Waals surface area contributed by atoms with Gasteiger partial charge in [-0.05, 0) is 79.0 Å². The Labute approximate surface area is 188 Å². The van der Waals surface area contributed by atoms with Crippen LogP contribution in [0.5, 0.6) is 5.75 Å². The van der Waals surface area contributed by atoms with Crippen LogP contribution in [-0.2, 0) is 4.79 Å². The van der Waals surface area contributed by atoms with Gasteiger partial charge in [0.25, 0.3) is 0 Å². The lowest BCUT2D eigenvalue weighted by Gasteiger charge is -2.33. The summed E-state index contributed by atoms with van der Waals surface area (Å²) in [5.41, 5.74) is 0.307. The van der Waals surface area contributed by atoms with Crippen molar-refractivity contribution in [1.82, 2.24) is 0 Å². The van der Waals surface area contributed by atoms with Crippen LogP contribution in [0.2, 0.25) is 5.02 Å². The minimum Gasteiger partial charge on any atom is -0.508 e. The van der Waals surface area contributed by atoms with E-state index in [2.05, 4.69) is 41.5 Å². The van der Waals surface area contributed by atoms with Crippen LogP contribution in [0, 0.1) is 34.5 Å². The number of phenols is 1. The van der Waals surface area contributed by atoms with Crippen molar-refractivity contribution in [2.24, 2.45) is 34.5 Å². The Morgan fingerprint density at radius 3 is 2.00 bits per heavy atom. The number of rotatable bonds is 1. The van der Waals surface area contributed by atoms with Gasteiger partial charge in [0.05, 0.1) is 6.10 Å². The summed E-state index contributed by atoms with van der Waals surface area (Å²) in [7, 11) is 0. The fourth-order valence-electron chi connectivity index (χ4n) is 5.49. The zero-order valence-electron chi connectivity index (χ0n) is 19.6. The van der Waals surface area contributed by atoms with E-state index in [1.54, 1.807) is 24.3 Å². The Hall–Kier alpha value is -1.06. The second-order valence-electron chi connectivity index (χ2n) is 10.8. The van der Waals surface area contributed by atoms with E-state index in [4.69, 9.17) is 16.7 Å². The van der Waals surface area contributed by atoms with Gasteiger partial charge in [0.1, 0.15) is 11.5 Å². The zero-order chi connectivity index (χ0) is 22.7. The number of carbonyl (C=O) groups excluding carboxylic acids is 1. The van der Waals surface area contributed by atoms with Crippen LogP contribution in [0.1, 0.15) is 80.1 Å². The standard InChI is InChI=1S/C10H16O.C10H20O.C6H5ClO/c1-9(2)7-4-5-10(9,3)8(11)6-7;1-7(2)9-5-4-8(3)6-10(9)11;7-5-1-3-6(8)4-2-5/h7H,4-6H2,1-3H3;7-11H,4-6H2,1-3H3;1-4,8H. The first kappa shape index (κ1) is 25.2. The van der Waals surface area contributed by atoms with E-state index in [1.165, 1.54) is 19.3 Å². The number of hydrogen-bond acceptors (Lipinski definition) is 3. The van der Waals surface area contributed by atoms with Gasteiger partial charge in [0.2, 0.25) is 0 Å². The largest absolute Gasteiger partial charge is 0.508 e. The molecule has 0 saturated heterocycles. The molecule has 4 rings (SSSR count). The van der Waals surface area contributed by atoms with Gasteiger partial charge in [0.15, 0.2) is 0 Å². The number of aromatic hydroxyl groups is 1. The molecule has 1 aromatic carbocycles. The molecule has 0 amide bonds. The van der Waals surface area contributed by atoms with Crippen molar-refractivity contribution in [3.8, 4) is 5.75 Å². The minimum atomic E-state index is -0.0289. The maximum Gasteiger partial charge on any atom is 0.139 e. The molecule has 3 fully saturated rings. The van der Waals surface area contributed by atoms with Gasteiger partial charge in [0, 0.05) is 16.9 Å². The molecule has 2 bridgehead atoms. The highest BCUT2D eigenvalue weighted by atomic mass is 35.5. The highest BCUT2D eigenvalue weighted by molar-refractivity contribution is 6.30. The fraction of sp³-hybridized carbons (Fsp3) is 0.731. The summed E-state index contributed by atoms with van der Waals surface area (Å²) in [5.74, 6) is 3.39. The predicted octanol–water partition coefficient (Wildman–Crippen LogP) is 6.89. The van der Waals surface area contributed by atoms with Gasteiger partial charge in [-0.2, -0.15) is 0 Å². The molecule has 3 aliphatic rings. The summed E-state index contributed by atoms with van der Waals surface area (Å²) in [6.07, 6.45) is 6.77. The van der Waals surface area contributed by atoms with Crippen molar-refractivity contribution in [3.63, 3.8) is 0 Å². The summed E-state index contributed by atoms with van der Waals surface area (Å²) >= 11 is 5.50. The zero-order valence-corrected chi connectivity index (χ0v) is 20.4. The van der Waals surface area contributed by atoms with Gasteiger partial charge in [-0.3, -0.25) is 4.79 Å². The van der Waals surface area contributed by atoms with Crippen LogP contribution < -0.4 is 0 Å². The van der Waals surface area contributed by atoms with E-state index in [-0.39, 0.29) is 22.7 Å². The third kappa shape index (κ3) is 5.59. The lowest BCUT2D eigenvalue weighted by Crippen LogP contribution is -2.32. The van der Waals surface area contributed by atoms with E-state index in [0.29, 0.717) is 28.6 Å². The second-order valence-corrected chi connectivity index (χ2v) is 11.2. The van der Waals surface area contributed by atoms with E-state index in [1.807, 2.05) is 0 Å². The molecule has 5 unspecified atom stereocenters. The van der Waals surface area contributed by atoms with Gasteiger partial charge >= 0.3 is 0 Å². The Kier molecular flexibility index (Phi) is 8.43. The first-order chi connectivity index (χ1) is 13.9. The topological polar surface area (TPSA) is 57.5 Å². The van der Waals surface area contributed by atoms with Crippen LogP contribution in [0.3, 0.4) is 0 Å². The van der Waals surface area contributed by atoms with Gasteiger partial charge in [-0.1, -0.05) is 59.6 Å². The van der Waals surface area contributed by atoms with Crippen LogP contribution in [0.15, 0.2) is 24.3 Å². The van der Waals surface area contributed by atoms with Crippen LogP contribution >= 0.6 is 11.6 Å². The summed E-state index contributed by atoms with van der Waals surface area (Å²) < 4.78 is 0. The molecule has 3 nitrogen and oxygen atoms in total. The molecule has 3 aliphatic carbocycles. The maximum atomic E-state index is 11.6. The second kappa shape index (κ2) is 10.0. The Morgan fingerprint density at radius 2 is 1.67 bits per heavy atom. The Morgan fingerprint density at radius 1 is 1.07 bits per heavy atom. The first-order valence-electron chi connectivity index (χ1n) is 11.5. The molecule has 2 N–H and O–H groups in total. The smallest absolute Gasteiger partial charge is 0.139 e. The van der Waals surface area contributed by atoms with Gasteiger partial charge in [-0.15, -0.1) is 0 Å². The molecule has 30 heavy (non-hydrogen) atoms. The number of aliphatic hydroxyl groups excluding tert-OH is 1. The van der Waals surface area contributed by atoms with Crippen molar-refractivity contribution in [2.45, 2.75) is 86.2 Å². The third-order valence-corrected chi connectivity index (χ3v) is 8.55. The molecular formula is C26H41ClO3. The number of aliphatic hydroxyl groups is 1. The molecule has 0 spiro atoms. The van der Waals surface area contributed by atoms with Gasteiger partial charge in [-0.25, -0.2) is 0 Å². The highest BCUT2D eigenvalue weighted by Gasteiger charge is 2.61. The van der Waals surface area contributed by atoms with Crippen molar-refractivity contribution < 1.29 is 15.0 Å². The number of halogens is 1. The molecule has 0 heterocycles. The molecule has 4 heteroatoms. The molecular weight excluding hydrogens is 396 g/mol. The monoisotopic (exact) mass is 436 g/mol. The number of ketones is 1. The molecule has 0 aliphatic heterocycles. The minimum absolute atomic E-state index is 0.0255. The van der Waals surface area contributed by atoms with Crippen LogP contribution in [0.4, 0.5) is 0 Å². The van der Waals surface area contributed by atoms with E-state index < -0.39 is 0 Å². The highest BCUT2D eigenvalue weighted by Crippen LogP contribution is 2.63. The quantitative estimate of drug-likeness (QED) is 0.504. The lowest BCUT2D eigenvalue weighted by atomic mass is 9.70. The summed E-state index contributed by atoms with van der Waals surface area (Å²) in [6, 6.07) is 6.36. The molecule has 3 saturated carbocycles. The first-order valence-corrected chi connectivity index (χ1v) is 11.9. The number of hydrogen-bond donors (Lipinski definition) is 2. The number of phenolic OH excluding ortho intramolecular Hbond substituents is 1. The number of benzene rings is 1. The van der Waals surface area contributed by atoms with Crippen LogP contribution in [-0.4, -0.2) is 22.1 Å². The van der Waals surface area contributed by atoms with Crippen molar-refractivity contribution in [1.29, 1.82) is 0 Å². The summed E-state index contributed by atoms with van der Waals surface area (Å²) in [6.45, 7) is 13.3. The van der Waals surface area contributed by atoms with Crippen molar-refractivity contribution in [3.05, 3.63) is 29.3 Å². The van der Waals surface area contributed by atoms with E-state index in [9.17, 15) is 9.90 Å². The maximum absolute atomic E-state index is 11.6. The molecule has 170 valence electrons. The normalized spacial score (nSPS) is 34.1. The van der Waals surface area contributed by atoms with E-state index >= 15 is 0 Å². The van der Waals surface area contributed by atoms with Crippen molar-refractivity contribution in [2.75, 3.05) is 0 Å². The summed E-state index contributed by atoms with van der Waals surface area (Å²) in [5, 5.41) is 19.0. The molecule has 5 atom stereocenters. The predicted molar refractivity (Wildman–Crippen MR) is 125 cm³/mol. The van der Waals surface area contributed by atoms with E-state index in [0.717, 1.165) is 25.2 Å². The molecule has 1 aromatic rings. The molecule has 0 radical (unpaired) electrons. The SMILES string of the molecule is CC12CCC(CC1=O)C2(C)C.CC1CCC(C(C)C)C(O)C1.Oc1ccc(Cl)cc1. The Bertz CT molecular complexity index is 676. The van der Waals surface area contributed by atoms with Crippen molar-refractivity contribution >= 4 is 17.4 Å². The summed E-state index contributed by atoms with van der Waals surface area (Å²) in [4.78, 5) is 11.6. The fourth-order valence-corrected chi connectivity index (χ4v) is 5.62. The number of carbonyl (C=O) groups is 1. The third-order valence-electron chi connectivity index (χ3n) is 8.30. The average molecular weight is 437 g/mol.